The maximum absolute atomic E-state index is 10.8. The van der Waals surface area contributed by atoms with E-state index in [0.717, 1.165) is 47.2 Å². The molecule has 1 heterocycles. The maximum Gasteiger partial charge on any atom is 0.303 e. The molecule has 0 amide bonds. The van der Waals surface area contributed by atoms with Crippen LogP contribution in [-0.4, -0.2) is 20.9 Å². The lowest BCUT2D eigenvalue weighted by Crippen LogP contribution is -2.03. The Kier molecular flexibility index (Phi) is 6.12. The number of carboxylic acids is 1. The van der Waals surface area contributed by atoms with Gasteiger partial charge in [-0.05, 0) is 36.1 Å². The van der Waals surface area contributed by atoms with Crippen LogP contribution in [0, 0.1) is 0 Å². The molecule has 27 heavy (non-hydrogen) atoms. The summed E-state index contributed by atoms with van der Waals surface area (Å²) in [6.07, 6.45) is 4.31. The predicted molar refractivity (Wildman–Crippen MR) is 106 cm³/mol. The van der Waals surface area contributed by atoms with Gasteiger partial charge in [0.2, 0.25) is 0 Å². The molecular weight excluding hydrogens is 340 g/mol. The molecule has 0 bridgehead atoms. The third kappa shape index (κ3) is 4.67. The molecule has 0 spiro atoms. The third-order valence-electron chi connectivity index (χ3n) is 4.83. The van der Waals surface area contributed by atoms with Gasteiger partial charge in [-0.25, -0.2) is 0 Å². The van der Waals surface area contributed by atoms with Crippen LogP contribution in [0.25, 0.3) is 10.9 Å². The molecule has 0 saturated carbocycles. The number of hydrogen-bond acceptors (Lipinski definition) is 3. The summed E-state index contributed by atoms with van der Waals surface area (Å²) >= 11 is 0. The monoisotopic (exact) mass is 366 g/mol. The second kappa shape index (κ2) is 8.71. The van der Waals surface area contributed by atoms with E-state index in [4.69, 9.17) is 9.84 Å². The molecule has 5 nitrogen and oxygen atoms in total. The number of hydrogen-bond donors (Lipinski definition) is 1. The molecule has 1 aromatic heterocycles. The van der Waals surface area contributed by atoms with Gasteiger partial charge in [-0.1, -0.05) is 44.5 Å². The Morgan fingerprint density at radius 1 is 1.22 bits per heavy atom. The van der Waals surface area contributed by atoms with E-state index in [2.05, 4.69) is 28.8 Å². The van der Waals surface area contributed by atoms with Crippen LogP contribution in [0.5, 0.6) is 5.75 Å². The minimum absolute atomic E-state index is 0.0146. The van der Waals surface area contributed by atoms with Gasteiger partial charge in [-0.2, -0.15) is 5.10 Å². The van der Waals surface area contributed by atoms with Gasteiger partial charge in [0, 0.05) is 17.5 Å². The van der Waals surface area contributed by atoms with Crippen LogP contribution < -0.4 is 4.74 Å². The fourth-order valence-corrected chi connectivity index (χ4v) is 3.21. The number of carboxylic acid groups (broad SMARTS) is 1. The van der Waals surface area contributed by atoms with Crippen molar-refractivity contribution >= 4 is 16.9 Å². The number of fused-ring (bicyclic) bond motifs is 1. The number of ether oxygens (including phenoxy) is 1. The topological polar surface area (TPSA) is 64.4 Å². The van der Waals surface area contributed by atoms with Crippen molar-refractivity contribution in [3.8, 4) is 5.75 Å². The smallest absolute Gasteiger partial charge is 0.303 e. The van der Waals surface area contributed by atoms with Crippen molar-refractivity contribution in [2.45, 2.75) is 52.2 Å². The first-order valence-electron chi connectivity index (χ1n) is 9.46. The Balaban J connectivity index is 1.68. The van der Waals surface area contributed by atoms with Crippen molar-refractivity contribution in [3.05, 3.63) is 59.8 Å². The number of benzene rings is 2. The minimum Gasteiger partial charge on any atom is -0.489 e. The Morgan fingerprint density at radius 2 is 2.00 bits per heavy atom. The van der Waals surface area contributed by atoms with Crippen molar-refractivity contribution in [2.75, 3.05) is 0 Å². The molecule has 0 saturated heterocycles. The molecule has 2 aromatic carbocycles. The molecule has 142 valence electrons. The largest absolute Gasteiger partial charge is 0.489 e. The molecule has 1 N–H and O–H groups in total. The van der Waals surface area contributed by atoms with E-state index in [1.165, 1.54) is 0 Å². The minimum atomic E-state index is -0.782. The molecule has 1 unspecified atom stereocenters. The Labute approximate surface area is 159 Å². The van der Waals surface area contributed by atoms with E-state index in [-0.39, 0.29) is 12.3 Å². The molecule has 5 heteroatoms. The highest BCUT2D eigenvalue weighted by Crippen LogP contribution is 2.24. The van der Waals surface area contributed by atoms with E-state index in [9.17, 15) is 4.79 Å². The summed E-state index contributed by atoms with van der Waals surface area (Å²) < 4.78 is 8.01. The summed E-state index contributed by atoms with van der Waals surface area (Å²) in [5.41, 5.74) is 3.25. The molecule has 3 aromatic rings. The normalized spacial score (nSPS) is 12.2. The number of aromatic nitrogens is 2. The van der Waals surface area contributed by atoms with Crippen molar-refractivity contribution < 1.29 is 14.6 Å². The van der Waals surface area contributed by atoms with E-state index in [0.29, 0.717) is 6.61 Å². The van der Waals surface area contributed by atoms with Gasteiger partial charge in [0.05, 0.1) is 18.1 Å². The lowest BCUT2D eigenvalue weighted by atomic mass is 9.98. The highest BCUT2D eigenvalue weighted by molar-refractivity contribution is 5.82. The first-order chi connectivity index (χ1) is 13.1. The van der Waals surface area contributed by atoms with E-state index in [1.54, 1.807) is 0 Å². The van der Waals surface area contributed by atoms with Crippen molar-refractivity contribution in [2.24, 2.45) is 0 Å². The van der Waals surface area contributed by atoms with Crippen LogP contribution in [0.4, 0.5) is 0 Å². The molecular formula is C22H26N2O3. The van der Waals surface area contributed by atoms with Gasteiger partial charge in [0.25, 0.3) is 0 Å². The van der Waals surface area contributed by atoms with Crippen molar-refractivity contribution in [1.29, 1.82) is 0 Å². The van der Waals surface area contributed by atoms with Gasteiger partial charge in [-0.3, -0.25) is 9.48 Å². The predicted octanol–water partition coefficient (Wildman–Crippen LogP) is 4.99. The lowest BCUT2D eigenvalue weighted by Gasteiger charge is -2.11. The third-order valence-corrected chi connectivity index (χ3v) is 4.83. The second-order valence-electron chi connectivity index (χ2n) is 6.93. The maximum atomic E-state index is 10.8. The van der Waals surface area contributed by atoms with Crippen LogP contribution >= 0.6 is 0 Å². The zero-order chi connectivity index (χ0) is 19.2. The molecule has 0 aliphatic rings. The van der Waals surface area contributed by atoms with E-state index < -0.39 is 5.97 Å². The van der Waals surface area contributed by atoms with Crippen molar-refractivity contribution in [1.82, 2.24) is 9.78 Å². The molecule has 0 fully saturated rings. The molecule has 3 rings (SSSR count). The summed E-state index contributed by atoms with van der Waals surface area (Å²) in [7, 11) is 0. The summed E-state index contributed by atoms with van der Waals surface area (Å²) in [6.45, 7) is 5.50. The highest BCUT2D eigenvalue weighted by atomic mass is 16.5. The quantitative estimate of drug-likeness (QED) is 0.579. The standard InChI is InChI=1S/C22H26N2O3/c1-3-4-12-24-21-7-5-6-18(20(21)14-23-24)15-27-19-10-8-17(9-11-19)16(2)13-22(25)26/h5-11,14,16H,3-4,12-13,15H2,1-2H3,(H,25,26). The fraction of sp³-hybridized carbons (Fsp3) is 0.364. The van der Waals surface area contributed by atoms with E-state index in [1.807, 2.05) is 43.5 Å². The van der Waals surface area contributed by atoms with Crippen molar-refractivity contribution in [3.63, 3.8) is 0 Å². The molecule has 0 radical (unpaired) electrons. The summed E-state index contributed by atoms with van der Waals surface area (Å²) in [4.78, 5) is 10.8. The second-order valence-corrected chi connectivity index (χ2v) is 6.93. The zero-order valence-electron chi connectivity index (χ0n) is 15.9. The highest BCUT2D eigenvalue weighted by Gasteiger charge is 2.11. The number of aryl methyl sites for hydroxylation is 1. The summed E-state index contributed by atoms with van der Waals surface area (Å²) in [5, 5.41) is 14.6. The average Bonchev–Trinajstić information content (AvgIpc) is 3.08. The Morgan fingerprint density at radius 3 is 2.70 bits per heavy atom. The SMILES string of the molecule is CCCCn1ncc2c(COc3ccc(C(C)CC(=O)O)cc3)cccc21. The molecule has 1 atom stereocenters. The number of rotatable bonds is 9. The van der Waals surface area contributed by atoms with Crippen LogP contribution in [0.1, 0.15) is 50.2 Å². The number of aliphatic carboxylic acids is 1. The summed E-state index contributed by atoms with van der Waals surface area (Å²) in [6, 6.07) is 13.9. The van der Waals surface area contributed by atoms with Crippen LogP contribution in [0.15, 0.2) is 48.7 Å². The van der Waals surface area contributed by atoms with Gasteiger partial charge < -0.3 is 9.84 Å². The van der Waals surface area contributed by atoms with Gasteiger partial charge in [-0.15, -0.1) is 0 Å². The van der Waals surface area contributed by atoms with Crippen LogP contribution in [0.3, 0.4) is 0 Å². The van der Waals surface area contributed by atoms with Gasteiger partial charge in [0.15, 0.2) is 0 Å². The number of nitrogens with zero attached hydrogens (tertiary/aromatic N) is 2. The first kappa shape index (κ1) is 19.0. The first-order valence-corrected chi connectivity index (χ1v) is 9.46. The molecule has 0 aliphatic heterocycles. The van der Waals surface area contributed by atoms with E-state index >= 15 is 0 Å². The zero-order valence-corrected chi connectivity index (χ0v) is 15.9. The van der Waals surface area contributed by atoms with Crippen LogP contribution in [-0.2, 0) is 17.9 Å². The average molecular weight is 366 g/mol. The molecule has 0 aliphatic carbocycles. The number of unbranched alkanes of at least 4 members (excludes halogenated alkanes) is 1. The Hall–Kier alpha value is -2.82. The number of carbonyl (C=O) groups is 1. The van der Waals surface area contributed by atoms with Gasteiger partial charge in [0.1, 0.15) is 12.4 Å². The van der Waals surface area contributed by atoms with Crippen LogP contribution in [0.2, 0.25) is 0 Å². The lowest BCUT2D eigenvalue weighted by molar-refractivity contribution is -0.137. The van der Waals surface area contributed by atoms with Gasteiger partial charge >= 0.3 is 5.97 Å². The summed E-state index contributed by atoms with van der Waals surface area (Å²) in [5.74, 6) is -0.0219. The fourth-order valence-electron chi connectivity index (χ4n) is 3.21. The Bertz CT molecular complexity index is 900.